The molecule has 0 bridgehead atoms. The molecule has 0 aromatic carbocycles. The molecule has 0 radical (unpaired) electrons. The van der Waals surface area contributed by atoms with Crippen LogP contribution in [0.5, 0.6) is 0 Å². The molecular formula is C14H24. The molecule has 2 rings (SSSR count). The van der Waals surface area contributed by atoms with E-state index in [9.17, 15) is 0 Å². The van der Waals surface area contributed by atoms with Crippen LogP contribution in [0, 0.1) is 22.7 Å². The van der Waals surface area contributed by atoms with Gasteiger partial charge in [-0.05, 0) is 48.3 Å². The zero-order valence-corrected chi connectivity index (χ0v) is 10.1. The van der Waals surface area contributed by atoms with Gasteiger partial charge < -0.3 is 0 Å². The van der Waals surface area contributed by atoms with Crippen LogP contribution in [0.15, 0.2) is 12.2 Å². The Morgan fingerprint density at radius 3 is 2.29 bits per heavy atom. The number of fused-ring (bicyclic) bond motifs is 1. The summed E-state index contributed by atoms with van der Waals surface area (Å²) in [5, 5.41) is 0. The number of hydrogen-bond donors (Lipinski definition) is 0. The second-order valence-corrected chi connectivity index (χ2v) is 6.61. The van der Waals surface area contributed by atoms with Crippen LogP contribution in [0.4, 0.5) is 0 Å². The highest BCUT2D eigenvalue weighted by molar-refractivity contribution is 5.08. The van der Waals surface area contributed by atoms with E-state index in [1.807, 2.05) is 0 Å². The first-order chi connectivity index (χ1) is 6.43. The first kappa shape index (κ1) is 10.3. The second kappa shape index (κ2) is 3.12. The molecule has 2 atom stereocenters. The third-order valence-corrected chi connectivity index (χ3v) is 4.74. The maximum atomic E-state index is 2.51. The minimum atomic E-state index is 0.539. The van der Waals surface area contributed by atoms with E-state index in [4.69, 9.17) is 0 Å². The molecule has 1 saturated carbocycles. The van der Waals surface area contributed by atoms with Crippen molar-refractivity contribution in [3.8, 4) is 0 Å². The van der Waals surface area contributed by atoms with Gasteiger partial charge in [-0.2, -0.15) is 0 Å². The van der Waals surface area contributed by atoms with Crippen molar-refractivity contribution in [2.45, 2.75) is 53.4 Å². The molecule has 0 aliphatic heterocycles. The summed E-state index contributed by atoms with van der Waals surface area (Å²) in [6, 6.07) is 0. The predicted molar refractivity (Wildman–Crippen MR) is 62.2 cm³/mol. The Balaban J connectivity index is 2.30. The second-order valence-electron chi connectivity index (χ2n) is 6.61. The van der Waals surface area contributed by atoms with E-state index >= 15 is 0 Å². The molecule has 0 heterocycles. The van der Waals surface area contributed by atoms with Crippen molar-refractivity contribution in [1.29, 1.82) is 0 Å². The lowest BCUT2D eigenvalue weighted by molar-refractivity contribution is -0.00166. The maximum absolute atomic E-state index is 2.51. The molecule has 0 aromatic rings. The highest BCUT2D eigenvalue weighted by Crippen LogP contribution is 2.55. The Hall–Kier alpha value is -0.260. The largest absolute Gasteiger partial charge is 0.0882 e. The monoisotopic (exact) mass is 192 g/mol. The summed E-state index contributed by atoms with van der Waals surface area (Å²) in [4.78, 5) is 0. The molecule has 2 aliphatic rings. The van der Waals surface area contributed by atoms with Crippen LogP contribution < -0.4 is 0 Å². The number of allylic oxidation sites excluding steroid dienone is 2. The molecule has 2 unspecified atom stereocenters. The SMILES string of the molecule is CC1(C)CCC(C)(C)C2CCC=CC21. The van der Waals surface area contributed by atoms with E-state index in [0.29, 0.717) is 10.8 Å². The first-order valence-corrected chi connectivity index (χ1v) is 6.10. The lowest BCUT2D eigenvalue weighted by Gasteiger charge is -2.52. The highest BCUT2D eigenvalue weighted by atomic mass is 14.5. The Bertz CT molecular complexity index is 245. The smallest absolute Gasteiger partial charge is 0.0149 e. The zero-order valence-electron chi connectivity index (χ0n) is 10.1. The molecule has 2 aliphatic carbocycles. The summed E-state index contributed by atoms with van der Waals surface area (Å²) < 4.78 is 0. The molecule has 0 nitrogen and oxygen atoms in total. The fraction of sp³-hybridized carbons (Fsp3) is 0.857. The molecule has 0 N–H and O–H groups in total. The standard InChI is InChI=1S/C14H24/c1-13(2)9-10-14(3,4)12-8-6-5-7-11(12)13/h5,7,11-12H,6,8-10H2,1-4H3. The number of rotatable bonds is 0. The van der Waals surface area contributed by atoms with Gasteiger partial charge in [-0.1, -0.05) is 39.8 Å². The average molecular weight is 192 g/mol. The Kier molecular flexibility index (Phi) is 2.28. The molecule has 0 amide bonds. The van der Waals surface area contributed by atoms with Gasteiger partial charge in [0.1, 0.15) is 0 Å². The molecule has 14 heavy (non-hydrogen) atoms. The van der Waals surface area contributed by atoms with Gasteiger partial charge in [-0.25, -0.2) is 0 Å². The fourth-order valence-electron chi connectivity index (χ4n) is 3.51. The summed E-state index contributed by atoms with van der Waals surface area (Å²) in [5.74, 6) is 1.76. The van der Waals surface area contributed by atoms with Crippen LogP contribution >= 0.6 is 0 Å². The third kappa shape index (κ3) is 1.53. The van der Waals surface area contributed by atoms with Crippen molar-refractivity contribution in [1.82, 2.24) is 0 Å². The molecular weight excluding hydrogens is 168 g/mol. The minimum absolute atomic E-state index is 0.539. The Morgan fingerprint density at radius 1 is 1.00 bits per heavy atom. The molecule has 0 aromatic heterocycles. The van der Waals surface area contributed by atoms with Crippen LogP contribution in [0.1, 0.15) is 53.4 Å². The zero-order chi connectivity index (χ0) is 10.4. The summed E-state index contributed by atoms with van der Waals surface area (Å²) in [6.07, 6.45) is 10.4. The van der Waals surface area contributed by atoms with E-state index in [1.54, 1.807) is 0 Å². The van der Waals surface area contributed by atoms with E-state index in [-0.39, 0.29) is 0 Å². The average Bonchev–Trinajstić information content (AvgIpc) is 2.14. The van der Waals surface area contributed by atoms with Crippen LogP contribution in [0.25, 0.3) is 0 Å². The van der Waals surface area contributed by atoms with E-state index in [0.717, 1.165) is 11.8 Å². The molecule has 80 valence electrons. The van der Waals surface area contributed by atoms with Gasteiger partial charge in [-0.15, -0.1) is 0 Å². The molecule has 0 heteroatoms. The summed E-state index contributed by atoms with van der Waals surface area (Å²) in [5.41, 5.74) is 1.11. The van der Waals surface area contributed by atoms with Gasteiger partial charge in [0.15, 0.2) is 0 Å². The maximum Gasteiger partial charge on any atom is -0.0149 e. The van der Waals surface area contributed by atoms with Gasteiger partial charge in [0, 0.05) is 0 Å². The number of hydrogen-bond acceptors (Lipinski definition) is 0. The van der Waals surface area contributed by atoms with Crippen LogP contribution in [-0.4, -0.2) is 0 Å². The quantitative estimate of drug-likeness (QED) is 0.499. The summed E-state index contributed by atoms with van der Waals surface area (Å²) >= 11 is 0. The Labute approximate surface area is 88.8 Å². The predicted octanol–water partition coefficient (Wildman–Crippen LogP) is 4.42. The molecule has 0 saturated heterocycles. The summed E-state index contributed by atoms with van der Waals surface area (Å²) in [7, 11) is 0. The van der Waals surface area contributed by atoms with Crippen molar-refractivity contribution in [3.63, 3.8) is 0 Å². The lowest BCUT2D eigenvalue weighted by Crippen LogP contribution is -2.44. The van der Waals surface area contributed by atoms with Gasteiger partial charge in [0.25, 0.3) is 0 Å². The van der Waals surface area contributed by atoms with Crippen LogP contribution in [-0.2, 0) is 0 Å². The van der Waals surface area contributed by atoms with Crippen molar-refractivity contribution in [3.05, 3.63) is 12.2 Å². The van der Waals surface area contributed by atoms with Crippen molar-refractivity contribution in [2.24, 2.45) is 22.7 Å². The van der Waals surface area contributed by atoms with Gasteiger partial charge >= 0.3 is 0 Å². The van der Waals surface area contributed by atoms with E-state index in [2.05, 4.69) is 39.8 Å². The third-order valence-electron chi connectivity index (χ3n) is 4.74. The van der Waals surface area contributed by atoms with Gasteiger partial charge in [0.05, 0.1) is 0 Å². The van der Waals surface area contributed by atoms with Crippen LogP contribution in [0.2, 0.25) is 0 Å². The normalized spacial score (nSPS) is 39.1. The highest BCUT2D eigenvalue weighted by Gasteiger charge is 2.46. The Morgan fingerprint density at radius 2 is 1.64 bits per heavy atom. The summed E-state index contributed by atoms with van der Waals surface area (Å²) in [6.45, 7) is 9.85. The van der Waals surface area contributed by atoms with E-state index in [1.165, 1.54) is 25.7 Å². The van der Waals surface area contributed by atoms with Crippen molar-refractivity contribution >= 4 is 0 Å². The van der Waals surface area contributed by atoms with E-state index < -0.39 is 0 Å². The lowest BCUT2D eigenvalue weighted by atomic mass is 9.52. The first-order valence-electron chi connectivity index (χ1n) is 6.10. The molecule has 0 spiro atoms. The van der Waals surface area contributed by atoms with Gasteiger partial charge in [0.2, 0.25) is 0 Å². The fourth-order valence-corrected chi connectivity index (χ4v) is 3.51. The van der Waals surface area contributed by atoms with Gasteiger partial charge in [-0.3, -0.25) is 0 Å². The molecule has 1 fully saturated rings. The minimum Gasteiger partial charge on any atom is -0.0882 e. The van der Waals surface area contributed by atoms with Crippen molar-refractivity contribution < 1.29 is 0 Å². The van der Waals surface area contributed by atoms with Crippen molar-refractivity contribution in [2.75, 3.05) is 0 Å². The van der Waals surface area contributed by atoms with Crippen LogP contribution in [0.3, 0.4) is 0 Å². The topological polar surface area (TPSA) is 0 Å².